The Labute approximate surface area is 138 Å². The third kappa shape index (κ3) is 2.50. The highest BCUT2D eigenvalue weighted by Crippen LogP contribution is 2.25. The average molecular weight is 321 g/mol. The molecule has 0 saturated carbocycles. The topological polar surface area (TPSA) is 81.9 Å². The number of fused-ring (bicyclic) bond motifs is 1. The summed E-state index contributed by atoms with van der Waals surface area (Å²) in [5.41, 5.74) is 3.93. The molecule has 4 rings (SSSR count). The van der Waals surface area contributed by atoms with Gasteiger partial charge in [0.05, 0.1) is 25.0 Å². The van der Waals surface area contributed by atoms with Crippen molar-refractivity contribution < 1.29 is 9.53 Å². The Bertz CT molecular complexity index is 902. The number of pyridine rings is 2. The van der Waals surface area contributed by atoms with E-state index in [0.717, 1.165) is 22.5 Å². The van der Waals surface area contributed by atoms with Gasteiger partial charge in [-0.25, -0.2) is 4.98 Å². The summed E-state index contributed by atoms with van der Waals surface area (Å²) in [4.78, 5) is 20.5. The first-order chi connectivity index (χ1) is 11.7. The zero-order valence-corrected chi connectivity index (χ0v) is 13.1. The van der Waals surface area contributed by atoms with E-state index in [4.69, 9.17) is 4.74 Å². The summed E-state index contributed by atoms with van der Waals surface area (Å²) < 4.78 is 6.81. The second-order valence-electron chi connectivity index (χ2n) is 5.41. The normalized spacial score (nSPS) is 13.3. The molecule has 1 amide bonds. The van der Waals surface area contributed by atoms with E-state index in [1.165, 1.54) is 0 Å². The standard InChI is InChI=1S/C17H15N5O2/c1-24-16-3-2-12(10-20-16)13-8-11(4-5-18-13)14-9-15-17(23)19-6-7-22(15)21-14/h2-5,8-10H,6-7H2,1H3,(H,19,23). The highest BCUT2D eigenvalue weighted by atomic mass is 16.5. The van der Waals surface area contributed by atoms with E-state index in [-0.39, 0.29) is 5.91 Å². The van der Waals surface area contributed by atoms with Gasteiger partial charge in [0.2, 0.25) is 5.88 Å². The van der Waals surface area contributed by atoms with Crippen LogP contribution in [0.3, 0.4) is 0 Å². The molecule has 0 spiro atoms. The van der Waals surface area contributed by atoms with Crippen molar-refractivity contribution in [2.24, 2.45) is 0 Å². The molecule has 0 fully saturated rings. The molecule has 7 heteroatoms. The number of hydrogen-bond acceptors (Lipinski definition) is 5. The van der Waals surface area contributed by atoms with Crippen molar-refractivity contribution in [3.05, 3.63) is 48.4 Å². The van der Waals surface area contributed by atoms with E-state index in [1.54, 1.807) is 36.3 Å². The summed E-state index contributed by atoms with van der Waals surface area (Å²) in [7, 11) is 1.58. The highest BCUT2D eigenvalue weighted by Gasteiger charge is 2.19. The van der Waals surface area contributed by atoms with E-state index < -0.39 is 0 Å². The monoisotopic (exact) mass is 321 g/mol. The fourth-order valence-corrected chi connectivity index (χ4v) is 2.68. The third-order valence-corrected chi connectivity index (χ3v) is 3.92. The lowest BCUT2D eigenvalue weighted by Crippen LogP contribution is -2.35. The summed E-state index contributed by atoms with van der Waals surface area (Å²) in [6, 6.07) is 9.33. The number of amides is 1. The van der Waals surface area contributed by atoms with Gasteiger partial charge in [0.1, 0.15) is 5.69 Å². The van der Waals surface area contributed by atoms with E-state index in [1.807, 2.05) is 18.2 Å². The van der Waals surface area contributed by atoms with Crippen molar-refractivity contribution >= 4 is 5.91 Å². The van der Waals surface area contributed by atoms with Crippen LogP contribution in [0.5, 0.6) is 5.88 Å². The van der Waals surface area contributed by atoms with Gasteiger partial charge in [-0.15, -0.1) is 0 Å². The highest BCUT2D eigenvalue weighted by molar-refractivity contribution is 5.94. The van der Waals surface area contributed by atoms with Gasteiger partial charge in [0, 0.05) is 36.1 Å². The number of hydrogen-bond donors (Lipinski definition) is 1. The predicted molar refractivity (Wildman–Crippen MR) is 87.6 cm³/mol. The molecule has 120 valence electrons. The lowest BCUT2D eigenvalue weighted by Gasteiger charge is -2.13. The summed E-state index contributed by atoms with van der Waals surface area (Å²) in [6.07, 6.45) is 3.45. The van der Waals surface area contributed by atoms with Gasteiger partial charge in [0.25, 0.3) is 5.91 Å². The molecule has 0 bridgehead atoms. The number of nitrogens with zero attached hydrogens (tertiary/aromatic N) is 4. The van der Waals surface area contributed by atoms with Crippen molar-refractivity contribution in [1.82, 2.24) is 25.1 Å². The molecule has 0 aliphatic carbocycles. The first-order valence-electron chi connectivity index (χ1n) is 7.57. The van der Waals surface area contributed by atoms with Crippen LogP contribution in [-0.4, -0.2) is 39.3 Å². The van der Waals surface area contributed by atoms with Crippen LogP contribution in [0.25, 0.3) is 22.5 Å². The lowest BCUT2D eigenvalue weighted by atomic mass is 10.1. The summed E-state index contributed by atoms with van der Waals surface area (Å²) in [6.45, 7) is 1.29. The van der Waals surface area contributed by atoms with Crippen molar-refractivity contribution in [3.63, 3.8) is 0 Å². The Balaban J connectivity index is 1.71. The van der Waals surface area contributed by atoms with Gasteiger partial charge in [-0.05, 0) is 24.3 Å². The number of nitrogens with one attached hydrogen (secondary N) is 1. The van der Waals surface area contributed by atoms with E-state index >= 15 is 0 Å². The Hall–Kier alpha value is -3.22. The van der Waals surface area contributed by atoms with Gasteiger partial charge in [0.15, 0.2) is 0 Å². The van der Waals surface area contributed by atoms with Gasteiger partial charge >= 0.3 is 0 Å². The number of ether oxygens (including phenoxy) is 1. The molecule has 0 saturated heterocycles. The van der Waals surface area contributed by atoms with Crippen molar-refractivity contribution in [1.29, 1.82) is 0 Å². The minimum atomic E-state index is -0.0892. The molecular formula is C17H15N5O2. The van der Waals surface area contributed by atoms with Crippen LogP contribution in [-0.2, 0) is 6.54 Å². The molecule has 3 aromatic heterocycles. The molecular weight excluding hydrogens is 306 g/mol. The summed E-state index contributed by atoms with van der Waals surface area (Å²) in [5, 5.41) is 7.34. The lowest BCUT2D eigenvalue weighted by molar-refractivity contribution is 0.0924. The van der Waals surface area contributed by atoms with Crippen LogP contribution < -0.4 is 10.1 Å². The van der Waals surface area contributed by atoms with Crippen LogP contribution in [0.15, 0.2) is 42.7 Å². The molecule has 0 unspecified atom stereocenters. The zero-order chi connectivity index (χ0) is 16.5. The van der Waals surface area contributed by atoms with E-state index in [0.29, 0.717) is 24.7 Å². The molecule has 0 radical (unpaired) electrons. The summed E-state index contributed by atoms with van der Waals surface area (Å²) in [5.74, 6) is 0.469. The number of rotatable bonds is 3. The Morgan fingerprint density at radius 2 is 2.04 bits per heavy atom. The SMILES string of the molecule is COc1ccc(-c2cc(-c3cc4n(n3)CCNC4=O)ccn2)cn1. The van der Waals surface area contributed by atoms with Gasteiger partial charge in [-0.3, -0.25) is 14.5 Å². The Morgan fingerprint density at radius 1 is 1.12 bits per heavy atom. The van der Waals surface area contributed by atoms with Crippen LogP contribution >= 0.6 is 0 Å². The Morgan fingerprint density at radius 3 is 2.79 bits per heavy atom. The molecule has 1 aliphatic heterocycles. The van der Waals surface area contributed by atoms with Gasteiger partial charge < -0.3 is 10.1 Å². The van der Waals surface area contributed by atoms with Crippen molar-refractivity contribution in [3.8, 4) is 28.4 Å². The molecule has 3 aromatic rings. The largest absolute Gasteiger partial charge is 0.481 e. The molecule has 0 atom stereocenters. The predicted octanol–water partition coefficient (Wildman–Crippen LogP) is 1.76. The fourth-order valence-electron chi connectivity index (χ4n) is 2.68. The molecule has 7 nitrogen and oxygen atoms in total. The van der Waals surface area contributed by atoms with Crippen molar-refractivity contribution in [2.75, 3.05) is 13.7 Å². The summed E-state index contributed by atoms with van der Waals surface area (Å²) >= 11 is 0. The smallest absolute Gasteiger partial charge is 0.269 e. The Kier molecular flexibility index (Phi) is 3.45. The molecule has 24 heavy (non-hydrogen) atoms. The number of carbonyl (C=O) groups is 1. The maximum atomic E-state index is 11.9. The van der Waals surface area contributed by atoms with Gasteiger partial charge in [-0.2, -0.15) is 5.10 Å². The van der Waals surface area contributed by atoms with Crippen LogP contribution in [0.4, 0.5) is 0 Å². The fraction of sp³-hybridized carbons (Fsp3) is 0.176. The van der Waals surface area contributed by atoms with Crippen LogP contribution in [0.2, 0.25) is 0 Å². The zero-order valence-electron chi connectivity index (χ0n) is 13.1. The molecule has 1 aliphatic rings. The molecule has 1 N–H and O–H groups in total. The quantitative estimate of drug-likeness (QED) is 0.795. The number of methoxy groups -OCH3 is 1. The van der Waals surface area contributed by atoms with Crippen molar-refractivity contribution in [2.45, 2.75) is 6.54 Å². The number of carbonyl (C=O) groups excluding carboxylic acids is 1. The first-order valence-corrected chi connectivity index (χ1v) is 7.57. The average Bonchev–Trinajstić information content (AvgIpc) is 3.08. The molecule has 0 aromatic carbocycles. The second-order valence-corrected chi connectivity index (χ2v) is 5.41. The van der Waals surface area contributed by atoms with E-state index in [2.05, 4.69) is 20.4 Å². The molecule has 4 heterocycles. The maximum Gasteiger partial charge on any atom is 0.269 e. The first kappa shape index (κ1) is 14.4. The number of aromatic nitrogens is 4. The minimum absolute atomic E-state index is 0.0892. The third-order valence-electron chi connectivity index (χ3n) is 3.92. The van der Waals surface area contributed by atoms with Crippen LogP contribution in [0.1, 0.15) is 10.5 Å². The second kappa shape index (κ2) is 5.77. The maximum absolute atomic E-state index is 11.9. The van der Waals surface area contributed by atoms with Crippen LogP contribution in [0, 0.1) is 0 Å². The minimum Gasteiger partial charge on any atom is -0.481 e. The van der Waals surface area contributed by atoms with E-state index in [9.17, 15) is 4.79 Å². The van der Waals surface area contributed by atoms with Gasteiger partial charge in [-0.1, -0.05) is 0 Å².